The molecule has 2 heterocycles. The van der Waals surface area contributed by atoms with Crippen molar-refractivity contribution in [3.05, 3.63) is 23.4 Å². The van der Waals surface area contributed by atoms with Crippen molar-refractivity contribution in [3.8, 4) is 6.07 Å². The number of rotatable bonds is 5. The van der Waals surface area contributed by atoms with Crippen LogP contribution in [0.2, 0.25) is 0 Å². The first-order valence-corrected chi connectivity index (χ1v) is 8.00. The summed E-state index contributed by atoms with van der Waals surface area (Å²) in [6.07, 6.45) is -4.51. The zero-order valence-corrected chi connectivity index (χ0v) is 13.9. The molecule has 1 aliphatic heterocycles. The molecule has 132 valence electrons. The van der Waals surface area contributed by atoms with E-state index in [1.807, 2.05) is 6.07 Å². The highest BCUT2D eigenvalue weighted by Gasteiger charge is 2.34. The number of hydrogen-bond donors (Lipinski definition) is 1. The van der Waals surface area contributed by atoms with Crippen LogP contribution in [-0.2, 0) is 6.18 Å². The first-order chi connectivity index (χ1) is 11.3. The van der Waals surface area contributed by atoms with Gasteiger partial charge in [0, 0.05) is 45.3 Å². The zero-order chi connectivity index (χ0) is 17.7. The van der Waals surface area contributed by atoms with Crippen LogP contribution in [0.3, 0.4) is 0 Å². The van der Waals surface area contributed by atoms with Crippen LogP contribution in [0.4, 0.5) is 19.0 Å². The number of hydrogen-bond acceptors (Lipinski definition) is 5. The van der Waals surface area contributed by atoms with Gasteiger partial charge in [0.15, 0.2) is 0 Å². The predicted octanol–water partition coefficient (Wildman–Crippen LogP) is 2.09. The molecule has 0 amide bonds. The second kappa shape index (κ2) is 7.81. The molecule has 1 fully saturated rings. The zero-order valence-electron chi connectivity index (χ0n) is 13.9. The van der Waals surface area contributed by atoms with E-state index in [-0.39, 0.29) is 11.4 Å². The van der Waals surface area contributed by atoms with Crippen LogP contribution < -0.4 is 10.2 Å². The van der Waals surface area contributed by atoms with Gasteiger partial charge in [0.1, 0.15) is 17.6 Å². The first-order valence-electron chi connectivity index (χ1n) is 8.00. The van der Waals surface area contributed by atoms with Crippen LogP contribution in [0.15, 0.2) is 12.1 Å². The molecule has 24 heavy (non-hydrogen) atoms. The number of nitriles is 1. The smallest absolute Gasteiger partial charge is 0.353 e. The largest absolute Gasteiger partial charge is 0.433 e. The Bertz CT molecular complexity index is 586. The highest BCUT2D eigenvalue weighted by atomic mass is 19.4. The lowest BCUT2D eigenvalue weighted by Crippen LogP contribution is -2.49. The molecule has 8 heteroatoms. The normalized spacial score (nSPS) is 16.5. The van der Waals surface area contributed by atoms with Gasteiger partial charge in [-0.15, -0.1) is 0 Å². The Hall–Kier alpha value is -1.85. The molecule has 0 atom stereocenters. The Balaban J connectivity index is 2.02. The van der Waals surface area contributed by atoms with Gasteiger partial charge in [0.05, 0.1) is 5.56 Å². The van der Waals surface area contributed by atoms with Crippen LogP contribution in [0.25, 0.3) is 0 Å². The third-order valence-electron chi connectivity index (χ3n) is 3.94. The number of aromatic nitrogens is 1. The van der Waals surface area contributed by atoms with Gasteiger partial charge < -0.3 is 10.2 Å². The van der Waals surface area contributed by atoms with Gasteiger partial charge in [-0.1, -0.05) is 13.8 Å². The second-order valence-corrected chi connectivity index (χ2v) is 6.11. The lowest BCUT2D eigenvalue weighted by atomic mass is 10.2. The third-order valence-corrected chi connectivity index (χ3v) is 3.94. The van der Waals surface area contributed by atoms with Crippen molar-refractivity contribution < 1.29 is 13.2 Å². The number of pyridine rings is 1. The average Bonchev–Trinajstić information content (AvgIpc) is 2.54. The first kappa shape index (κ1) is 18.5. The Morgan fingerprint density at radius 3 is 2.46 bits per heavy atom. The van der Waals surface area contributed by atoms with Gasteiger partial charge in [0.2, 0.25) is 0 Å². The number of nitrogens with one attached hydrogen (secondary N) is 1. The van der Waals surface area contributed by atoms with Crippen molar-refractivity contribution in [1.82, 2.24) is 15.2 Å². The molecule has 0 saturated carbocycles. The standard InChI is InChI=1S/C16H22F3N5/c1-12(2)21-5-6-23-7-9-24(10-8-23)15-13(11-20)3-4-14(22-15)16(17,18)19/h3-4,12,21H,5-10H2,1-2H3. The van der Waals surface area contributed by atoms with Crippen molar-refractivity contribution in [2.24, 2.45) is 0 Å². The SMILES string of the molecule is CC(C)NCCN1CCN(c2nc(C(F)(F)F)ccc2C#N)CC1. The minimum Gasteiger partial charge on any atom is -0.353 e. The summed E-state index contributed by atoms with van der Waals surface area (Å²) in [6, 6.07) is 4.42. The quantitative estimate of drug-likeness (QED) is 0.889. The predicted molar refractivity (Wildman–Crippen MR) is 85.7 cm³/mol. The molecule has 2 rings (SSSR count). The molecule has 0 aromatic carbocycles. The van der Waals surface area contributed by atoms with Gasteiger partial charge in [0.25, 0.3) is 0 Å². The summed E-state index contributed by atoms with van der Waals surface area (Å²) in [4.78, 5) is 7.72. The fourth-order valence-corrected chi connectivity index (χ4v) is 2.63. The molecule has 5 nitrogen and oxygen atoms in total. The summed E-state index contributed by atoms with van der Waals surface area (Å²) in [6.45, 7) is 8.54. The molecule has 0 spiro atoms. The lowest BCUT2D eigenvalue weighted by molar-refractivity contribution is -0.141. The van der Waals surface area contributed by atoms with Crippen LogP contribution >= 0.6 is 0 Å². The maximum atomic E-state index is 12.9. The molecule has 1 aromatic heterocycles. The van der Waals surface area contributed by atoms with E-state index in [1.165, 1.54) is 6.07 Å². The van der Waals surface area contributed by atoms with Crippen molar-refractivity contribution >= 4 is 5.82 Å². The Kier molecular flexibility index (Phi) is 6.02. The van der Waals surface area contributed by atoms with Gasteiger partial charge in [-0.25, -0.2) is 4.98 Å². The van der Waals surface area contributed by atoms with Crippen molar-refractivity contribution in [2.75, 3.05) is 44.2 Å². The highest BCUT2D eigenvalue weighted by molar-refractivity contribution is 5.55. The lowest BCUT2D eigenvalue weighted by Gasteiger charge is -2.36. The average molecular weight is 341 g/mol. The van der Waals surface area contributed by atoms with E-state index in [0.717, 1.165) is 32.2 Å². The van der Waals surface area contributed by atoms with Crippen molar-refractivity contribution in [3.63, 3.8) is 0 Å². The minimum atomic E-state index is -4.51. The monoisotopic (exact) mass is 341 g/mol. The summed E-state index contributed by atoms with van der Waals surface area (Å²) < 4.78 is 38.6. The number of anilines is 1. The molecule has 1 N–H and O–H groups in total. The molecule has 1 aromatic rings. The van der Waals surface area contributed by atoms with Gasteiger partial charge in [-0.2, -0.15) is 18.4 Å². The van der Waals surface area contributed by atoms with Crippen LogP contribution in [0.1, 0.15) is 25.1 Å². The van der Waals surface area contributed by atoms with E-state index in [9.17, 15) is 13.2 Å². The van der Waals surface area contributed by atoms with E-state index in [4.69, 9.17) is 5.26 Å². The summed E-state index contributed by atoms with van der Waals surface area (Å²) in [5.41, 5.74) is -0.780. The molecular weight excluding hydrogens is 319 g/mol. The molecule has 1 aliphatic rings. The van der Waals surface area contributed by atoms with Crippen LogP contribution in [0, 0.1) is 11.3 Å². The Morgan fingerprint density at radius 2 is 1.92 bits per heavy atom. The van der Waals surface area contributed by atoms with E-state index in [1.54, 1.807) is 4.90 Å². The summed E-state index contributed by atoms with van der Waals surface area (Å²) in [5.74, 6) is 0.132. The summed E-state index contributed by atoms with van der Waals surface area (Å²) >= 11 is 0. The molecular formula is C16H22F3N5. The third kappa shape index (κ3) is 4.82. The second-order valence-electron chi connectivity index (χ2n) is 6.11. The highest BCUT2D eigenvalue weighted by Crippen LogP contribution is 2.30. The molecule has 0 bridgehead atoms. The molecule has 0 radical (unpaired) electrons. The van der Waals surface area contributed by atoms with Crippen molar-refractivity contribution in [1.29, 1.82) is 5.26 Å². The number of alkyl halides is 3. The van der Waals surface area contributed by atoms with E-state index in [0.29, 0.717) is 19.1 Å². The minimum absolute atomic E-state index is 0.132. The molecule has 0 unspecified atom stereocenters. The van der Waals surface area contributed by atoms with Crippen LogP contribution in [-0.4, -0.2) is 55.2 Å². The van der Waals surface area contributed by atoms with Gasteiger partial charge >= 0.3 is 6.18 Å². The molecule has 0 aliphatic carbocycles. The van der Waals surface area contributed by atoms with E-state index >= 15 is 0 Å². The maximum Gasteiger partial charge on any atom is 0.433 e. The number of nitrogens with zero attached hydrogens (tertiary/aromatic N) is 4. The number of halogens is 3. The van der Waals surface area contributed by atoms with Gasteiger partial charge in [-0.3, -0.25) is 4.90 Å². The maximum absolute atomic E-state index is 12.9. The Labute approximate surface area is 140 Å². The Morgan fingerprint density at radius 1 is 1.25 bits per heavy atom. The fourth-order valence-electron chi connectivity index (χ4n) is 2.63. The summed E-state index contributed by atoms with van der Waals surface area (Å²) in [7, 11) is 0. The summed E-state index contributed by atoms with van der Waals surface area (Å²) in [5, 5.41) is 12.5. The molecule has 1 saturated heterocycles. The number of piperazine rings is 1. The topological polar surface area (TPSA) is 55.2 Å². The van der Waals surface area contributed by atoms with E-state index < -0.39 is 11.9 Å². The van der Waals surface area contributed by atoms with E-state index in [2.05, 4.69) is 29.0 Å². The van der Waals surface area contributed by atoms with Crippen molar-refractivity contribution in [2.45, 2.75) is 26.1 Å². The fraction of sp³-hybridized carbons (Fsp3) is 0.625. The van der Waals surface area contributed by atoms with Crippen LogP contribution in [0.5, 0.6) is 0 Å². The van der Waals surface area contributed by atoms with Gasteiger partial charge in [-0.05, 0) is 12.1 Å².